The molecule has 0 aliphatic rings. The average Bonchev–Trinajstić information content (AvgIpc) is 2.60. The van der Waals surface area contributed by atoms with E-state index in [-0.39, 0.29) is 17.2 Å². The zero-order valence-electron chi connectivity index (χ0n) is 8.33. The van der Waals surface area contributed by atoms with Crippen LogP contribution >= 0.6 is 0 Å². The molecule has 0 saturated heterocycles. The zero-order chi connectivity index (χ0) is 11.7. The molecular formula is C11H10FN3O. The maximum atomic E-state index is 13.0. The summed E-state index contributed by atoms with van der Waals surface area (Å²) in [6.07, 6.45) is 0. The van der Waals surface area contributed by atoms with Gasteiger partial charge in [-0.05, 0) is 18.2 Å². The second-order valence-electron chi connectivity index (χ2n) is 3.38. The van der Waals surface area contributed by atoms with Crippen molar-refractivity contribution in [2.75, 3.05) is 5.73 Å². The molecule has 4 nitrogen and oxygen atoms in total. The van der Waals surface area contributed by atoms with Gasteiger partial charge in [-0.2, -0.15) is 0 Å². The summed E-state index contributed by atoms with van der Waals surface area (Å²) in [5.74, 6) is -0.783. The van der Waals surface area contributed by atoms with Gasteiger partial charge in [0.2, 0.25) is 0 Å². The maximum Gasteiger partial charge on any atom is 0.252 e. The van der Waals surface area contributed by atoms with Gasteiger partial charge in [-0.3, -0.25) is 4.79 Å². The summed E-state index contributed by atoms with van der Waals surface area (Å²) in [5, 5.41) is 0. The minimum atomic E-state index is -0.614. The molecule has 0 aliphatic heterocycles. The minimum absolute atomic E-state index is 0.187. The summed E-state index contributed by atoms with van der Waals surface area (Å²) in [7, 11) is 0. The highest BCUT2D eigenvalue weighted by Crippen LogP contribution is 2.23. The molecule has 0 unspecified atom stereocenters. The average molecular weight is 219 g/mol. The molecule has 0 aliphatic carbocycles. The molecule has 1 aromatic carbocycles. The standard InChI is InChI=1S/C11H10FN3O/c12-7-3-1-2-6(4-7)9-5-8(11(14)16)10(13)15-9/h1-5,15H,13H2,(H2,14,16). The molecule has 5 heteroatoms. The fourth-order valence-corrected chi connectivity index (χ4v) is 1.49. The van der Waals surface area contributed by atoms with E-state index in [0.717, 1.165) is 0 Å². The number of carbonyl (C=O) groups excluding carboxylic acids is 1. The SMILES string of the molecule is NC(=O)c1cc(-c2cccc(F)c2)[nH]c1N. The molecule has 0 atom stereocenters. The summed E-state index contributed by atoms with van der Waals surface area (Å²) in [4.78, 5) is 13.8. The van der Waals surface area contributed by atoms with Gasteiger partial charge in [0.15, 0.2) is 0 Å². The molecule has 1 amide bonds. The van der Waals surface area contributed by atoms with E-state index in [2.05, 4.69) is 4.98 Å². The lowest BCUT2D eigenvalue weighted by Gasteiger charge is -1.96. The number of H-pyrrole nitrogens is 1. The number of amides is 1. The molecule has 0 radical (unpaired) electrons. The number of rotatable bonds is 2. The number of nitrogens with two attached hydrogens (primary N) is 2. The first-order chi connectivity index (χ1) is 7.58. The molecule has 1 aromatic heterocycles. The second kappa shape index (κ2) is 3.69. The number of nitrogen functional groups attached to an aromatic ring is 1. The Morgan fingerprint density at radius 2 is 2.06 bits per heavy atom. The van der Waals surface area contributed by atoms with Gasteiger partial charge in [0.1, 0.15) is 11.6 Å². The Morgan fingerprint density at radius 3 is 2.62 bits per heavy atom. The molecule has 0 spiro atoms. The highest BCUT2D eigenvalue weighted by Gasteiger charge is 2.11. The predicted octanol–water partition coefficient (Wildman–Crippen LogP) is 1.50. The first kappa shape index (κ1) is 10.2. The number of aromatic amines is 1. The number of carbonyl (C=O) groups is 1. The summed E-state index contributed by atoms with van der Waals surface area (Å²) in [5.41, 5.74) is 12.1. The molecular weight excluding hydrogens is 209 g/mol. The minimum Gasteiger partial charge on any atom is -0.385 e. The molecule has 0 fully saturated rings. The lowest BCUT2D eigenvalue weighted by atomic mass is 10.1. The number of anilines is 1. The number of benzene rings is 1. The van der Waals surface area contributed by atoms with Crippen molar-refractivity contribution in [2.45, 2.75) is 0 Å². The van der Waals surface area contributed by atoms with Crippen LogP contribution in [0.3, 0.4) is 0 Å². The maximum absolute atomic E-state index is 13.0. The third kappa shape index (κ3) is 1.75. The van der Waals surface area contributed by atoms with E-state index < -0.39 is 5.91 Å². The largest absolute Gasteiger partial charge is 0.385 e. The van der Waals surface area contributed by atoms with Crippen LogP contribution in [-0.2, 0) is 0 Å². The number of nitrogens with one attached hydrogen (secondary N) is 1. The first-order valence-electron chi connectivity index (χ1n) is 4.62. The first-order valence-corrected chi connectivity index (χ1v) is 4.62. The summed E-state index contributed by atoms with van der Waals surface area (Å²) >= 11 is 0. The molecule has 0 saturated carbocycles. The predicted molar refractivity (Wildman–Crippen MR) is 59.1 cm³/mol. The van der Waals surface area contributed by atoms with Gasteiger partial charge < -0.3 is 16.5 Å². The van der Waals surface area contributed by atoms with Crippen molar-refractivity contribution in [3.63, 3.8) is 0 Å². The van der Waals surface area contributed by atoms with E-state index in [1.807, 2.05) is 0 Å². The molecule has 0 bridgehead atoms. The van der Waals surface area contributed by atoms with Gasteiger partial charge in [0.05, 0.1) is 5.56 Å². The normalized spacial score (nSPS) is 10.3. The quantitative estimate of drug-likeness (QED) is 0.715. The van der Waals surface area contributed by atoms with Crippen LogP contribution < -0.4 is 11.5 Å². The number of hydrogen-bond acceptors (Lipinski definition) is 2. The smallest absolute Gasteiger partial charge is 0.252 e. The molecule has 2 rings (SSSR count). The van der Waals surface area contributed by atoms with Crippen LogP contribution in [0.4, 0.5) is 10.2 Å². The van der Waals surface area contributed by atoms with E-state index in [9.17, 15) is 9.18 Å². The molecule has 5 N–H and O–H groups in total. The second-order valence-corrected chi connectivity index (χ2v) is 3.38. The Labute approximate surface area is 91.1 Å². The van der Waals surface area contributed by atoms with Gasteiger partial charge in [-0.15, -0.1) is 0 Å². The fourth-order valence-electron chi connectivity index (χ4n) is 1.49. The van der Waals surface area contributed by atoms with Crippen LogP contribution in [0.1, 0.15) is 10.4 Å². The Hall–Kier alpha value is -2.30. The summed E-state index contributed by atoms with van der Waals surface area (Å²) < 4.78 is 13.0. The molecule has 1 heterocycles. The Kier molecular flexibility index (Phi) is 2.36. The van der Waals surface area contributed by atoms with Crippen LogP contribution in [0.25, 0.3) is 11.3 Å². The molecule has 82 valence electrons. The van der Waals surface area contributed by atoms with Crippen molar-refractivity contribution in [1.82, 2.24) is 4.98 Å². The van der Waals surface area contributed by atoms with E-state index >= 15 is 0 Å². The number of primary amides is 1. The molecule has 2 aromatic rings. The number of aromatic nitrogens is 1. The Morgan fingerprint density at radius 1 is 1.31 bits per heavy atom. The van der Waals surface area contributed by atoms with Crippen molar-refractivity contribution in [1.29, 1.82) is 0 Å². The van der Waals surface area contributed by atoms with Crippen molar-refractivity contribution < 1.29 is 9.18 Å². The molecule has 16 heavy (non-hydrogen) atoms. The third-order valence-electron chi connectivity index (χ3n) is 2.25. The van der Waals surface area contributed by atoms with Crippen molar-refractivity contribution in [3.8, 4) is 11.3 Å². The van der Waals surface area contributed by atoms with Crippen LogP contribution in [0.5, 0.6) is 0 Å². The van der Waals surface area contributed by atoms with Crippen LogP contribution in [0.2, 0.25) is 0 Å². The Balaban J connectivity index is 2.49. The highest BCUT2D eigenvalue weighted by molar-refractivity contribution is 5.98. The monoisotopic (exact) mass is 219 g/mol. The van der Waals surface area contributed by atoms with Gasteiger partial charge in [-0.25, -0.2) is 4.39 Å². The van der Waals surface area contributed by atoms with Crippen molar-refractivity contribution >= 4 is 11.7 Å². The number of hydrogen-bond donors (Lipinski definition) is 3. The van der Waals surface area contributed by atoms with Gasteiger partial charge >= 0.3 is 0 Å². The van der Waals surface area contributed by atoms with Gasteiger partial charge in [0, 0.05) is 11.3 Å². The fraction of sp³-hybridized carbons (Fsp3) is 0. The van der Waals surface area contributed by atoms with E-state index in [1.165, 1.54) is 18.2 Å². The topological polar surface area (TPSA) is 84.9 Å². The zero-order valence-corrected chi connectivity index (χ0v) is 8.33. The third-order valence-corrected chi connectivity index (χ3v) is 2.25. The van der Waals surface area contributed by atoms with Crippen LogP contribution in [0, 0.1) is 5.82 Å². The summed E-state index contributed by atoms with van der Waals surface area (Å²) in [6, 6.07) is 7.47. The summed E-state index contributed by atoms with van der Waals surface area (Å²) in [6.45, 7) is 0. The van der Waals surface area contributed by atoms with Crippen molar-refractivity contribution in [2.24, 2.45) is 5.73 Å². The Bertz CT molecular complexity index is 548. The van der Waals surface area contributed by atoms with Crippen LogP contribution in [-0.4, -0.2) is 10.9 Å². The van der Waals surface area contributed by atoms with E-state index in [4.69, 9.17) is 11.5 Å². The van der Waals surface area contributed by atoms with Crippen molar-refractivity contribution in [3.05, 3.63) is 41.7 Å². The highest BCUT2D eigenvalue weighted by atomic mass is 19.1. The van der Waals surface area contributed by atoms with E-state index in [1.54, 1.807) is 12.1 Å². The van der Waals surface area contributed by atoms with Crippen LogP contribution in [0.15, 0.2) is 30.3 Å². The lowest BCUT2D eigenvalue weighted by Crippen LogP contribution is -2.11. The van der Waals surface area contributed by atoms with Gasteiger partial charge in [-0.1, -0.05) is 12.1 Å². The number of halogens is 1. The lowest BCUT2D eigenvalue weighted by molar-refractivity contribution is 0.100. The van der Waals surface area contributed by atoms with Gasteiger partial charge in [0.25, 0.3) is 5.91 Å². The van der Waals surface area contributed by atoms with E-state index in [0.29, 0.717) is 11.3 Å².